The van der Waals surface area contributed by atoms with Gasteiger partial charge in [-0.25, -0.2) is 0 Å². The van der Waals surface area contributed by atoms with Gasteiger partial charge in [0.25, 0.3) is 0 Å². The maximum Gasteiger partial charge on any atom is 0.314 e. The first-order valence-electron chi connectivity index (χ1n) is 13.0. The molecule has 0 radical (unpaired) electrons. The minimum Gasteiger partial charge on any atom is -0.196 e. The lowest BCUT2D eigenvalue weighted by Crippen LogP contribution is -2.34. The van der Waals surface area contributed by atoms with E-state index in [4.69, 9.17) is 5.10 Å². The van der Waals surface area contributed by atoms with Crippen molar-refractivity contribution in [3.63, 3.8) is 0 Å². The summed E-state index contributed by atoms with van der Waals surface area (Å²) in [5.74, 6) is 2.56. The summed E-state index contributed by atoms with van der Waals surface area (Å²) < 4.78 is 4.47. The number of hydrogen-bond donors (Lipinski definition) is 0. The van der Waals surface area contributed by atoms with Gasteiger partial charge in [0.05, 0.1) is 10.7 Å². The number of rotatable bonds is 7. The fourth-order valence-corrected chi connectivity index (χ4v) is 4.96. The highest BCUT2D eigenvalue weighted by Crippen LogP contribution is 2.33. The normalized spacial score (nSPS) is 11.9. The summed E-state index contributed by atoms with van der Waals surface area (Å²) in [6.45, 7) is 18.2. The summed E-state index contributed by atoms with van der Waals surface area (Å²) in [4.78, 5) is 0. The maximum absolute atomic E-state index is 5.29. The fourth-order valence-electron chi connectivity index (χ4n) is 4.96. The molecule has 0 aliphatic rings. The molecule has 0 unspecified atom stereocenters. The predicted molar refractivity (Wildman–Crippen MR) is 147 cm³/mol. The molecule has 1 heterocycles. The topological polar surface area (TPSA) is 21.7 Å². The second-order valence-electron chi connectivity index (χ2n) is 10.8. The van der Waals surface area contributed by atoms with Gasteiger partial charge in [0, 0.05) is 0 Å². The number of nitrogens with zero attached hydrogens (tertiary/aromatic N) is 3. The summed E-state index contributed by atoms with van der Waals surface area (Å²) in [7, 11) is 0. The Labute approximate surface area is 211 Å². The van der Waals surface area contributed by atoms with Gasteiger partial charge in [-0.2, -0.15) is 4.57 Å². The third-order valence-electron chi connectivity index (χ3n) is 6.84. The Morgan fingerprint density at radius 3 is 1.49 bits per heavy atom. The van der Waals surface area contributed by atoms with Crippen LogP contribution in [0.3, 0.4) is 0 Å². The molecule has 4 aromatic rings. The Hall–Kier alpha value is -3.20. The Bertz CT molecular complexity index is 1240. The highest BCUT2D eigenvalue weighted by Gasteiger charge is 2.29. The van der Waals surface area contributed by atoms with E-state index < -0.39 is 0 Å². The summed E-state index contributed by atoms with van der Waals surface area (Å²) >= 11 is 0. The maximum atomic E-state index is 5.29. The van der Waals surface area contributed by atoms with Gasteiger partial charge in [-0.05, 0) is 58.1 Å². The van der Waals surface area contributed by atoms with Crippen LogP contribution in [0.5, 0.6) is 0 Å². The van der Waals surface area contributed by atoms with Gasteiger partial charge in [0.1, 0.15) is 11.4 Å². The van der Waals surface area contributed by atoms with Crippen molar-refractivity contribution >= 4 is 0 Å². The first kappa shape index (κ1) is 24.9. The van der Waals surface area contributed by atoms with Crippen molar-refractivity contribution < 1.29 is 4.57 Å². The third-order valence-corrected chi connectivity index (χ3v) is 6.84. The molecule has 0 aliphatic carbocycles. The van der Waals surface area contributed by atoms with Crippen LogP contribution in [0.2, 0.25) is 0 Å². The summed E-state index contributed by atoms with van der Waals surface area (Å²) in [6, 6.07) is 24.0. The van der Waals surface area contributed by atoms with Gasteiger partial charge in [-0.15, -0.1) is 0 Å². The molecule has 0 amide bonds. The lowest BCUT2D eigenvalue weighted by molar-refractivity contribution is -0.585. The van der Waals surface area contributed by atoms with E-state index in [1.165, 1.54) is 33.6 Å². The molecule has 3 aromatic carbocycles. The molecule has 182 valence electrons. The van der Waals surface area contributed by atoms with Gasteiger partial charge < -0.3 is 0 Å². The van der Waals surface area contributed by atoms with Crippen molar-refractivity contribution in [1.29, 1.82) is 0 Å². The minimum absolute atomic E-state index is 0.399. The SMILES string of the molecule is CC(C)c1cccc(C(C)C)c1-n1c[n+](-c2c(C(C)C)cccc2C(C)C)c(-c2ccccc2)n1. The van der Waals surface area contributed by atoms with Crippen molar-refractivity contribution in [2.24, 2.45) is 0 Å². The molecule has 0 atom stereocenters. The van der Waals surface area contributed by atoms with Crippen LogP contribution in [0, 0.1) is 0 Å². The average Bonchev–Trinajstić information content (AvgIpc) is 3.28. The van der Waals surface area contributed by atoms with Gasteiger partial charge in [0.2, 0.25) is 6.33 Å². The van der Waals surface area contributed by atoms with E-state index in [2.05, 4.69) is 138 Å². The molecular formula is C32H40N3+. The van der Waals surface area contributed by atoms with Crippen LogP contribution < -0.4 is 4.57 Å². The molecule has 0 bridgehead atoms. The van der Waals surface area contributed by atoms with Crippen LogP contribution in [-0.2, 0) is 0 Å². The fraction of sp³-hybridized carbons (Fsp3) is 0.375. The zero-order chi connectivity index (χ0) is 25.3. The molecular weight excluding hydrogens is 426 g/mol. The molecule has 4 rings (SSSR count). The molecule has 3 heteroatoms. The molecule has 0 saturated heterocycles. The Morgan fingerprint density at radius 2 is 1.03 bits per heavy atom. The van der Waals surface area contributed by atoms with E-state index in [1.54, 1.807) is 0 Å². The second-order valence-corrected chi connectivity index (χ2v) is 10.8. The zero-order valence-corrected chi connectivity index (χ0v) is 22.6. The largest absolute Gasteiger partial charge is 0.314 e. The first-order valence-corrected chi connectivity index (χ1v) is 13.0. The summed E-state index contributed by atoms with van der Waals surface area (Å²) in [6.07, 6.45) is 2.21. The van der Waals surface area contributed by atoms with Crippen molar-refractivity contribution in [3.05, 3.63) is 95.3 Å². The second kappa shape index (κ2) is 10.2. The van der Waals surface area contributed by atoms with Gasteiger partial charge in [-0.1, -0.05) is 115 Å². The third kappa shape index (κ3) is 4.82. The Kier molecular flexibility index (Phi) is 7.25. The van der Waals surface area contributed by atoms with E-state index in [0.29, 0.717) is 23.7 Å². The molecule has 1 aromatic heterocycles. The highest BCUT2D eigenvalue weighted by molar-refractivity contribution is 5.56. The number of aromatic nitrogens is 3. The molecule has 0 aliphatic heterocycles. The smallest absolute Gasteiger partial charge is 0.196 e. The standard InChI is InChI=1S/C32H40N3/c1-21(2)26-16-12-17-27(22(3)4)30(26)34-20-35(33-32(34)25-14-10-9-11-15-25)31-28(23(5)6)18-13-19-29(31)24(7)8/h9-24H,1-8H3/q+1. The van der Waals surface area contributed by atoms with E-state index >= 15 is 0 Å². The van der Waals surface area contributed by atoms with Gasteiger partial charge >= 0.3 is 5.82 Å². The molecule has 0 fully saturated rings. The van der Waals surface area contributed by atoms with Gasteiger partial charge in [-0.3, -0.25) is 0 Å². The Balaban J connectivity index is 2.10. The van der Waals surface area contributed by atoms with Crippen molar-refractivity contribution in [2.75, 3.05) is 0 Å². The lowest BCUT2D eigenvalue weighted by atomic mass is 9.92. The lowest BCUT2D eigenvalue weighted by Gasteiger charge is -2.18. The van der Waals surface area contributed by atoms with Crippen molar-refractivity contribution in [1.82, 2.24) is 9.78 Å². The molecule has 3 nitrogen and oxygen atoms in total. The minimum atomic E-state index is 0.399. The van der Waals surface area contributed by atoms with Crippen LogP contribution in [0.4, 0.5) is 0 Å². The monoisotopic (exact) mass is 466 g/mol. The van der Waals surface area contributed by atoms with Crippen LogP contribution in [0.15, 0.2) is 73.1 Å². The van der Waals surface area contributed by atoms with Gasteiger partial charge in [0.15, 0.2) is 0 Å². The predicted octanol–water partition coefficient (Wildman–Crippen LogP) is 8.31. The zero-order valence-electron chi connectivity index (χ0n) is 22.6. The van der Waals surface area contributed by atoms with Crippen LogP contribution >= 0.6 is 0 Å². The van der Waals surface area contributed by atoms with Crippen molar-refractivity contribution in [3.8, 4) is 22.8 Å². The van der Waals surface area contributed by atoms with Crippen molar-refractivity contribution in [2.45, 2.75) is 79.1 Å². The first-order chi connectivity index (χ1) is 16.7. The summed E-state index contributed by atoms with van der Waals surface area (Å²) in [5, 5.41) is 5.29. The van der Waals surface area contributed by atoms with E-state index in [1.807, 2.05) is 0 Å². The molecule has 0 saturated carbocycles. The molecule has 0 spiro atoms. The van der Waals surface area contributed by atoms with Crippen LogP contribution in [0.1, 0.15) is 101 Å². The van der Waals surface area contributed by atoms with E-state index in [-0.39, 0.29) is 0 Å². The van der Waals surface area contributed by atoms with Crippen LogP contribution in [-0.4, -0.2) is 9.78 Å². The van der Waals surface area contributed by atoms with E-state index in [9.17, 15) is 0 Å². The highest BCUT2D eigenvalue weighted by atomic mass is 15.4. The quantitative estimate of drug-likeness (QED) is 0.251. The van der Waals surface area contributed by atoms with Crippen LogP contribution in [0.25, 0.3) is 22.8 Å². The molecule has 35 heavy (non-hydrogen) atoms. The average molecular weight is 467 g/mol. The number of hydrogen-bond acceptors (Lipinski definition) is 1. The van der Waals surface area contributed by atoms with E-state index in [0.717, 1.165) is 11.4 Å². The summed E-state index contributed by atoms with van der Waals surface area (Å²) in [5.41, 5.74) is 8.93. The number of benzene rings is 3. The Morgan fingerprint density at radius 1 is 0.571 bits per heavy atom. The molecule has 0 N–H and O–H groups in total. The number of para-hydroxylation sites is 2.